The minimum Gasteiger partial charge on any atom is -0.392 e. The van der Waals surface area contributed by atoms with Crippen LogP contribution in [0.15, 0.2) is 108 Å². The van der Waals surface area contributed by atoms with E-state index in [-0.39, 0.29) is 30.4 Å². The van der Waals surface area contributed by atoms with Crippen molar-refractivity contribution in [2.24, 2.45) is 0 Å². The number of hydrogen-bond acceptors (Lipinski definition) is 10. The first-order valence-corrected chi connectivity index (χ1v) is 17.4. The highest BCUT2D eigenvalue weighted by atomic mass is 32.2. The molecule has 7 rings (SSSR count). The summed E-state index contributed by atoms with van der Waals surface area (Å²) in [5.74, 6) is 0.444. The van der Waals surface area contributed by atoms with Crippen LogP contribution in [-0.2, 0) is 22.6 Å². The highest BCUT2D eigenvalue weighted by molar-refractivity contribution is 8.01. The molecule has 0 aliphatic carbocycles. The Hall–Kier alpha value is -4.52. The average Bonchev–Trinajstić information content (AvgIpc) is 3.57. The van der Waals surface area contributed by atoms with E-state index in [4.69, 9.17) is 9.47 Å². The molecule has 0 unspecified atom stereocenters. The summed E-state index contributed by atoms with van der Waals surface area (Å²) in [6.45, 7) is 2.30. The normalized spacial score (nSPS) is 17.8. The van der Waals surface area contributed by atoms with Crippen LogP contribution in [-0.4, -0.2) is 43.0 Å². The number of ether oxygens (including phenoxy) is 2. The van der Waals surface area contributed by atoms with Crippen molar-refractivity contribution >= 4 is 40.0 Å². The van der Waals surface area contributed by atoms with E-state index in [1.807, 2.05) is 79.7 Å². The van der Waals surface area contributed by atoms with Crippen LogP contribution in [0.1, 0.15) is 56.6 Å². The molecule has 6 aromatic rings. The smallest absolute Gasteiger partial charge is 0.271 e. The maximum Gasteiger partial charge on any atom is 0.271 e. The van der Waals surface area contributed by atoms with E-state index in [0.29, 0.717) is 18.5 Å². The third-order valence-electron chi connectivity index (χ3n) is 8.07. The molecule has 3 heterocycles. The zero-order valence-corrected chi connectivity index (χ0v) is 27.8. The molecule has 0 radical (unpaired) electrons. The molecule has 2 N–H and O–H groups in total. The van der Waals surface area contributed by atoms with Gasteiger partial charge in [-0.15, -0.1) is 10.2 Å². The first-order chi connectivity index (χ1) is 23.5. The first-order valence-electron chi connectivity index (χ1n) is 15.6. The van der Waals surface area contributed by atoms with Crippen LogP contribution < -0.4 is 5.32 Å². The van der Waals surface area contributed by atoms with E-state index < -0.39 is 6.29 Å². The lowest BCUT2D eigenvalue weighted by Crippen LogP contribution is -2.31. The van der Waals surface area contributed by atoms with Gasteiger partial charge in [-0.2, -0.15) is 0 Å². The summed E-state index contributed by atoms with van der Waals surface area (Å²) in [4.78, 5) is 21.7. The summed E-state index contributed by atoms with van der Waals surface area (Å²) < 4.78 is 14.1. The molecule has 242 valence electrons. The SMILES string of the molecule is Cc1nnc(SC[C@H]2C[C@@H](c3ccc(CO)cc3)O[C@@H](c3cccc(-c4cccc(CNC(=O)c5cnc6ccccc6n5)c4)c3)O2)s1. The standard InChI is InChI=1S/C37H33N5O4S2/c1-23-41-42-37(48-23)47-22-30-18-34(26-14-12-24(21-43)13-15-26)46-36(45-30)29-9-5-8-28(17-29)27-7-4-6-25(16-27)19-39-35(44)33-20-38-31-10-2-3-11-32(31)40-33/h2-17,20,30,34,36,43H,18-19,21-22H2,1H3,(H,39,44)/t30-,34+,36+/m1/s1. The number of fused-ring (bicyclic) bond motifs is 1. The quantitative estimate of drug-likeness (QED) is 0.145. The highest BCUT2D eigenvalue weighted by Crippen LogP contribution is 2.40. The van der Waals surface area contributed by atoms with Crippen molar-refractivity contribution in [3.8, 4) is 11.1 Å². The Morgan fingerprint density at radius 2 is 1.69 bits per heavy atom. The van der Waals surface area contributed by atoms with Crippen LogP contribution in [0.5, 0.6) is 0 Å². The van der Waals surface area contributed by atoms with Crippen LogP contribution in [0.4, 0.5) is 0 Å². The Balaban J connectivity index is 1.07. The number of aromatic nitrogens is 4. The number of carbonyl (C=O) groups is 1. The van der Waals surface area contributed by atoms with Crippen molar-refractivity contribution in [1.29, 1.82) is 0 Å². The fourth-order valence-electron chi connectivity index (χ4n) is 5.59. The van der Waals surface area contributed by atoms with Gasteiger partial charge in [0.05, 0.1) is 36.0 Å². The van der Waals surface area contributed by atoms with Crippen LogP contribution in [0.3, 0.4) is 0 Å². The monoisotopic (exact) mass is 675 g/mol. The zero-order valence-electron chi connectivity index (χ0n) is 26.2. The number of hydrogen-bond donors (Lipinski definition) is 2. The number of nitrogens with one attached hydrogen (secondary N) is 1. The molecular formula is C37H33N5O4S2. The van der Waals surface area contributed by atoms with Crippen LogP contribution in [0.2, 0.25) is 0 Å². The molecule has 48 heavy (non-hydrogen) atoms. The Morgan fingerprint density at radius 1 is 0.896 bits per heavy atom. The number of carbonyl (C=O) groups excluding carboxylic acids is 1. The van der Waals surface area contributed by atoms with Gasteiger partial charge >= 0.3 is 0 Å². The molecule has 0 spiro atoms. The van der Waals surface area contributed by atoms with Gasteiger partial charge in [0.15, 0.2) is 10.6 Å². The van der Waals surface area contributed by atoms with E-state index in [1.54, 1.807) is 23.1 Å². The molecule has 0 bridgehead atoms. The van der Waals surface area contributed by atoms with E-state index in [1.165, 1.54) is 6.20 Å². The fraction of sp³-hybridized carbons (Fsp3) is 0.216. The second kappa shape index (κ2) is 14.7. The minimum atomic E-state index is -0.575. The number of benzene rings is 4. The van der Waals surface area contributed by atoms with Crippen molar-refractivity contribution < 1.29 is 19.4 Å². The number of para-hydroxylation sites is 2. The third-order valence-corrected chi connectivity index (χ3v) is 10.2. The number of aliphatic hydroxyl groups is 1. The van der Waals surface area contributed by atoms with Gasteiger partial charge in [-0.05, 0) is 59.0 Å². The number of amides is 1. The van der Waals surface area contributed by atoms with Crippen molar-refractivity contribution in [2.45, 2.75) is 49.3 Å². The zero-order chi connectivity index (χ0) is 32.9. The third kappa shape index (κ3) is 7.61. The summed E-state index contributed by atoms with van der Waals surface area (Å²) in [5.41, 5.74) is 7.51. The van der Waals surface area contributed by atoms with Gasteiger partial charge in [0, 0.05) is 24.3 Å². The molecule has 1 amide bonds. The molecule has 9 nitrogen and oxygen atoms in total. The average molecular weight is 676 g/mol. The maximum atomic E-state index is 12.9. The highest BCUT2D eigenvalue weighted by Gasteiger charge is 2.32. The molecule has 4 aromatic carbocycles. The molecule has 1 aliphatic rings. The lowest BCUT2D eigenvalue weighted by molar-refractivity contribution is -0.245. The van der Waals surface area contributed by atoms with E-state index >= 15 is 0 Å². The fourth-order valence-corrected chi connectivity index (χ4v) is 7.45. The number of nitrogens with zero attached hydrogens (tertiary/aromatic N) is 4. The van der Waals surface area contributed by atoms with Gasteiger partial charge in [-0.3, -0.25) is 9.78 Å². The Kier molecular flexibility index (Phi) is 9.82. The topological polar surface area (TPSA) is 119 Å². The molecular weight excluding hydrogens is 643 g/mol. The summed E-state index contributed by atoms with van der Waals surface area (Å²) in [6.07, 6.45) is 1.36. The largest absolute Gasteiger partial charge is 0.392 e. The summed E-state index contributed by atoms with van der Waals surface area (Å²) in [7, 11) is 0. The van der Waals surface area contributed by atoms with Gasteiger partial charge < -0.3 is 19.9 Å². The maximum absolute atomic E-state index is 12.9. The molecule has 2 aromatic heterocycles. The van der Waals surface area contributed by atoms with E-state index in [0.717, 1.165) is 54.0 Å². The summed E-state index contributed by atoms with van der Waals surface area (Å²) in [5, 5.41) is 21.9. The molecule has 11 heteroatoms. The number of thioether (sulfide) groups is 1. The molecule has 3 atom stereocenters. The summed E-state index contributed by atoms with van der Waals surface area (Å²) >= 11 is 3.23. The first kappa shape index (κ1) is 32.0. The Bertz CT molecular complexity index is 2040. The van der Waals surface area contributed by atoms with Crippen molar-refractivity contribution in [3.05, 3.63) is 136 Å². The number of rotatable bonds is 10. The molecule has 1 aliphatic heterocycles. The molecule has 1 fully saturated rings. The number of aryl methyl sites for hydroxylation is 1. The second-order valence-corrected chi connectivity index (χ2v) is 13.9. The molecule has 0 saturated carbocycles. The van der Waals surface area contributed by atoms with Crippen molar-refractivity contribution in [2.75, 3.05) is 5.75 Å². The van der Waals surface area contributed by atoms with Crippen LogP contribution >= 0.6 is 23.1 Å². The van der Waals surface area contributed by atoms with Gasteiger partial charge in [0.2, 0.25) is 0 Å². The second-order valence-electron chi connectivity index (χ2n) is 11.5. The van der Waals surface area contributed by atoms with Gasteiger partial charge in [0.25, 0.3) is 5.91 Å². The van der Waals surface area contributed by atoms with E-state index in [2.05, 4.69) is 49.7 Å². The van der Waals surface area contributed by atoms with Gasteiger partial charge in [0.1, 0.15) is 10.7 Å². The number of aliphatic hydroxyl groups excluding tert-OH is 1. The Labute approximate surface area is 286 Å². The van der Waals surface area contributed by atoms with Crippen LogP contribution in [0, 0.1) is 6.92 Å². The van der Waals surface area contributed by atoms with Gasteiger partial charge in [-0.25, -0.2) is 4.98 Å². The Morgan fingerprint density at radius 3 is 2.48 bits per heavy atom. The van der Waals surface area contributed by atoms with Crippen molar-refractivity contribution in [3.63, 3.8) is 0 Å². The van der Waals surface area contributed by atoms with E-state index in [9.17, 15) is 9.90 Å². The molecule has 1 saturated heterocycles. The van der Waals surface area contributed by atoms with Crippen molar-refractivity contribution in [1.82, 2.24) is 25.5 Å². The van der Waals surface area contributed by atoms with Crippen LogP contribution in [0.25, 0.3) is 22.2 Å². The predicted octanol–water partition coefficient (Wildman–Crippen LogP) is 7.22. The minimum absolute atomic E-state index is 0.00241. The lowest BCUT2D eigenvalue weighted by atomic mass is 9.99. The predicted molar refractivity (Wildman–Crippen MR) is 186 cm³/mol. The van der Waals surface area contributed by atoms with Gasteiger partial charge in [-0.1, -0.05) is 95.9 Å². The summed E-state index contributed by atoms with van der Waals surface area (Å²) in [6, 6.07) is 31.7. The lowest BCUT2D eigenvalue weighted by Gasteiger charge is -2.36.